The number of aromatic nitrogens is 4. The first-order valence-electron chi connectivity index (χ1n) is 5.43. The van der Waals surface area contributed by atoms with Gasteiger partial charge >= 0.3 is 0 Å². The molecule has 5 nitrogen and oxygen atoms in total. The zero-order valence-electron chi connectivity index (χ0n) is 10.3. The molecule has 1 unspecified atom stereocenters. The van der Waals surface area contributed by atoms with Crippen molar-refractivity contribution in [3.05, 3.63) is 5.82 Å². The topological polar surface area (TPSA) is 55.6 Å². The molecule has 0 amide bonds. The summed E-state index contributed by atoms with van der Waals surface area (Å²) in [4.78, 5) is 0. The maximum atomic E-state index is 4.06. The molecule has 0 radical (unpaired) electrons. The summed E-state index contributed by atoms with van der Waals surface area (Å²) in [5, 5.41) is 15.1. The molecule has 0 saturated heterocycles. The minimum Gasteiger partial charge on any atom is -0.308 e. The third kappa shape index (κ3) is 3.58. The highest BCUT2D eigenvalue weighted by molar-refractivity contribution is 4.90. The van der Waals surface area contributed by atoms with Gasteiger partial charge in [-0.15, -0.1) is 5.10 Å². The van der Waals surface area contributed by atoms with E-state index in [9.17, 15) is 0 Å². The molecular formula is C10H21N5. The molecule has 0 spiro atoms. The molecule has 5 heteroatoms. The van der Waals surface area contributed by atoms with Gasteiger partial charge in [-0.1, -0.05) is 27.7 Å². The monoisotopic (exact) mass is 211 g/mol. The van der Waals surface area contributed by atoms with Crippen molar-refractivity contribution in [2.24, 2.45) is 5.41 Å². The van der Waals surface area contributed by atoms with E-state index in [0.29, 0.717) is 0 Å². The van der Waals surface area contributed by atoms with Gasteiger partial charge in [-0.25, -0.2) is 4.68 Å². The Kier molecular flexibility index (Phi) is 3.79. The Morgan fingerprint density at radius 1 is 1.40 bits per heavy atom. The molecule has 0 fully saturated rings. The fourth-order valence-corrected chi connectivity index (χ4v) is 1.48. The van der Waals surface area contributed by atoms with Crippen molar-refractivity contribution in [1.82, 2.24) is 25.5 Å². The number of hydrogen-bond donors (Lipinski definition) is 1. The van der Waals surface area contributed by atoms with Crippen molar-refractivity contribution in [1.29, 1.82) is 0 Å². The summed E-state index contributed by atoms with van der Waals surface area (Å²) in [6.45, 7) is 12.4. The minimum atomic E-state index is 0.191. The van der Waals surface area contributed by atoms with Crippen LogP contribution < -0.4 is 5.32 Å². The Labute approximate surface area is 91.2 Å². The summed E-state index contributed by atoms with van der Waals surface area (Å²) < 4.78 is 1.88. The third-order valence-corrected chi connectivity index (χ3v) is 2.08. The summed E-state index contributed by atoms with van der Waals surface area (Å²) in [5.74, 6) is 0.909. The number of hydrogen-bond acceptors (Lipinski definition) is 4. The first-order chi connectivity index (χ1) is 6.94. The number of tetrazole rings is 1. The van der Waals surface area contributed by atoms with Crippen molar-refractivity contribution in [2.45, 2.75) is 47.2 Å². The average Bonchev–Trinajstić information content (AvgIpc) is 2.49. The summed E-state index contributed by atoms with van der Waals surface area (Å²) in [6.07, 6.45) is 0. The van der Waals surface area contributed by atoms with Gasteiger partial charge in [0.05, 0.1) is 6.04 Å². The summed E-state index contributed by atoms with van der Waals surface area (Å²) in [7, 11) is 0. The standard InChI is InChI=1S/C10H21N5/c1-6-11-8(2)9-12-13-14-15(9)7-10(3,4)5/h8,11H,6-7H2,1-5H3. The van der Waals surface area contributed by atoms with Gasteiger partial charge in [0, 0.05) is 6.54 Å². The predicted octanol–water partition coefficient (Wildman–Crippen LogP) is 1.39. The van der Waals surface area contributed by atoms with Crippen LogP contribution in [0.15, 0.2) is 0 Å². The second-order valence-corrected chi connectivity index (χ2v) is 5.03. The predicted molar refractivity (Wildman–Crippen MR) is 59.4 cm³/mol. The van der Waals surface area contributed by atoms with Gasteiger partial charge < -0.3 is 5.32 Å². The lowest BCUT2D eigenvalue weighted by Crippen LogP contribution is -2.25. The van der Waals surface area contributed by atoms with E-state index in [0.717, 1.165) is 18.9 Å². The summed E-state index contributed by atoms with van der Waals surface area (Å²) >= 11 is 0. The number of nitrogens with one attached hydrogen (secondary N) is 1. The summed E-state index contributed by atoms with van der Waals surface area (Å²) in [6, 6.07) is 0.201. The molecule has 1 heterocycles. The number of rotatable bonds is 4. The van der Waals surface area contributed by atoms with Crippen molar-refractivity contribution in [3.8, 4) is 0 Å². The smallest absolute Gasteiger partial charge is 0.167 e. The van der Waals surface area contributed by atoms with Crippen LogP contribution in [0, 0.1) is 5.41 Å². The molecule has 86 valence electrons. The van der Waals surface area contributed by atoms with Crippen molar-refractivity contribution in [2.75, 3.05) is 6.54 Å². The zero-order valence-corrected chi connectivity index (χ0v) is 10.3. The minimum absolute atomic E-state index is 0.191. The van der Waals surface area contributed by atoms with Crippen LogP contribution in [0.5, 0.6) is 0 Å². The van der Waals surface area contributed by atoms with E-state index >= 15 is 0 Å². The molecule has 15 heavy (non-hydrogen) atoms. The average molecular weight is 211 g/mol. The highest BCUT2D eigenvalue weighted by atomic mass is 15.5. The highest BCUT2D eigenvalue weighted by Gasteiger charge is 2.18. The van der Waals surface area contributed by atoms with E-state index < -0.39 is 0 Å². The van der Waals surface area contributed by atoms with Gasteiger partial charge in [-0.05, 0) is 29.3 Å². The lowest BCUT2D eigenvalue weighted by atomic mass is 9.97. The fraction of sp³-hybridized carbons (Fsp3) is 0.900. The van der Waals surface area contributed by atoms with Crippen LogP contribution in [0.2, 0.25) is 0 Å². The van der Waals surface area contributed by atoms with Crippen LogP contribution in [-0.2, 0) is 6.54 Å². The molecule has 1 aromatic heterocycles. The zero-order chi connectivity index (χ0) is 11.5. The fourth-order valence-electron chi connectivity index (χ4n) is 1.48. The quantitative estimate of drug-likeness (QED) is 0.817. The Hall–Kier alpha value is -0.970. The van der Waals surface area contributed by atoms with Gasteiger partial charge in [-0.3, -0.25) is 0 Å². The molecule has 0 aliphatic heterocycles. The molecule has 1 atom stereocenters. The van der Waals surface area contributed by atoms with Gasteiger partial charge in [0.1, 0.15) is 0 Å². The maximum absolute atomic E-state index is 4.06. The van der Waals surface area contributed by atoms with E-state index in [2.05, 4.69) is 55.5 Å². The van der Waals surface area contributed by atoms with E-state index in [4.69, 9.17) is 0 Å². The van der Waals surface area contributed by atoms with Gasteiger partial charge in [-0.2, -0.15) is 0 Å². The van der Waals surface area contributed by atoms with Crippen LogP contribution in [0.4, 0.5) is 0 Å². The second kappa shape index (κ2) is 4.70. The number of nitrogens with zero attached hydrogens (tertiary/aromatic N) is 4. The van der Waals surface area contributed by atoms with Crippen LogP contribution in [-0.4, -0.2) is 26.8 Å². The Balaban J connectivity index is 2.77. The first kappa shape index (κ1) is 12.1. The van der Waals surface area contributed by atoms with Gasteiger partial charge in [0.2, 0.25) is 0 Å². The molecule has 1 aromatic rings. The molecule has 0 aromatic carbocycles. The first-order valence-corrected chi connectivity index (χ1v) is 5.43. The SMILES string of the molecule is CCNC(C)c1nnnn1CC(C)(C)C. The molecule has 1 N–H and O–H groups in total. The van der Waals surface area contributed by atoms with E-state index in [1.165, 1.54) is 0 Å². The van der Waals surface area contributed by atoms with Crippen molar-refractivity contribution >= 4 is 0 Å². The van der Waals surface area contributed by atoms with Gasteiger partial charge in [0.15, 0.2) is 5.82 Å². The molecule has 0 aliphatic carbocycles. The summed E-state index contributed by atoms with van der Waals surface area (Å²) in [5.41, 5.74) is 0.191. The molecule has 0 aliphatic rings. The Bertz CT molecular complexity index is 299. The maximum Gasteiger partial charge on any atom is 0.167 e. The van der Waals surface area contributed by atoms with Crippen LogP contribution in [0.25, 0.3) is 0 Å². The normalized spacial score (nSPS) is 14.2. The Morgan fingerprint density at radius 2 is 2.07 bits per heavy atom. The van der Waals surface area contributed by atoms with E-state index in [1.54, 1.807) is 0 Å². The second-order valence-electron chi connectivity index (χ2n) is 5.03. The molecular weight excluding hydrogens is 190 g/mol. The van der Waals surface area contributed by atoms with Crippen LogP contribution >= 0.6 is 0 Å². The molecule has 0 bridgehead atoms. The lowest BCUT2D eigenvalue weighted by molar-refractivity contribution is 0.309. The van der Waals surface area contributed by atoms with Crippen LogP contribution in [0.3, 0.4) is 0 Å². The van der Waals surface area contributed by atoms with E-state index in [-0.39, 0.29) is 11.5 Å². The lowest BCUT2D eigenvalue weighted by Gasteiger charge is -2.20. The third-order valence-electron chi connectivity index (χ3n) is 2.08. The highest BCUT2D eigenvalue weighted by Crippen LogP contribution is 2.17. The molecule has 1 rings (SSSR count). The van der Waals surface area contributed by atoms with Crippen molar-refractivity contribution < 1.29 is 0 Å². The van der Waals surface area contributed by atoms with E-state index in [1.807, 2.05) is 4.68 Å². The van der Waals surface area contributed by atoms with Crippen LogP contribution in [0.1, 0.15) is 46.5 Å². The van der Waals surface area contributed by atoms with Gasteiger partial charge in [0.25, 0.3) is 0 Å². The van der Waals surface area contributed by atoms with Crippen molar-refractivity contribution in [3.63, 3.8) is 0 Å². The molecule has 0 saturated carbocycles. The Morgan fingerprint density at radius 3 is 2.60 bits per heavy atom. The largest absolute Gasteiger partial charge is 0.308 e.